The summed E-state index contributed by atoms with van der Waals surface area (Å²) in [7, 11) is 0. The van der Waals surface area contributed by atoms with E-state index in [9.17, 15) is 9.18 Å². The Hall–Kier alpha value is -2.36. The van der Waals surface area contributed by atoms with Crippen LogP contribution in [-0.2, 0) is 12.8 Å². The fraction of sp³-hybridized carbons (Fsp3) is 0.278. The van der Waals surface area contributed by atoms with Gasteiger partial charge in [-0.2, -0.15) is 0 Å². The molecule has 0 fully saturated rings. The van der Waals surface area contributed by atoms with Crippen molar-refractivity contribution in [1.82, 2.24) is 5.32 Å². The van der Waals surface area contributed by atoms with Crippen molar-refractivity contribution in [3.05, 3.63) is 65.0 Å². The van der Waals surface area contributed by atoms with Gasteiger partial charge >= 0.3 is 0 Å². The van der Waals surface area contributed by atoms with Crippen LogP contribution < -0.4 is 10.6 Å². The second-order valence-electron chi connectivity index (χ2n) is 5.50. The fourth-order valence-corrected chi connectivity index (χ4v) is 2.83. The van der Waals surface area contributed by atoms with Gasteiger partial charge in [0.2, 0.25) is 0 Å². The minimum atomic E-state index is -0.243. The van der Waals surface area contributed by atoms with Crippen molar-refractivity contribution < 1.29 is 9.18 Å². The molecule has 0 aromatic heterocycles. The Morgan fingerprint density at radius 3 is 2.95 bits per heavy atom. The van der Waals surface area contributed by atoms with E-state index in [0.717, 1.165) is 41.8 Å². The van der Waals surface area contributed by atoms with Crippen LogP contribution in [0.25, 0.3) is 0 Å². The molecule has 2 aromatic carbocycles. The standard InChI is InChI=1S/C18H19FN2O/c19-14-5-1-4-13(12-14)9-11-21-18(22)16-6-2-8-17-15(16)7-3-10-20-17/h1-2,4-6,8,12,20H,3,7,9-11H2,(H,21,22). The SMILES string of the molecule is O=C(NCCc1cccc(F)c1)c1cccc2c1CCCN2. The number of fused-ring (bicyclic) bond motifs is 1. The zero-order chi connectivity index (χ0) is 15.4. The molecular weight excluding hydrogens is 279 g/mol. The Labute approximate surface area is 129 Å². The zero-order valence-electron chi connectivity index (χ0n) is 12.4. The van der Waals surface area contributed by atoms with Crippen LogP contribution in [0.15, 0.2) is 42.5 Å². The van der Waals surface area contributed by atoms with E-state index in [0.29, 0.717) is 13.0 Å². The molecule has 0 aliphatic carbocycles. The number of hydrogen-bond acceptors (Lipinski definition) is 2. The van der Waals surface area contributed by atoms with Crippen LogP contribution in [0.1, 0.15) is 27.9 Å². The quantitative estimate of drug-likeness (QED) is 0.910. The third kappa shape index (κ3) is 3.27. The Balaban J connectivity index is 1.63. The number of benzene rings is 2. The summed E-state index contributed by atoms with van der Waals surface area (Å²) in [5, 5.41) is 6.25. The zero-order valence-corrected chi connectivity index (χ0v) is 12.4. The van der Waals surface area contributed by atoms with Crippen molar-refractivity contribution in [3.63, 3.8) is 0 Å². The second kappa shape index (κ2) is 6.60. The molecule has 0 radical (unpaired) electrons. The van der Waals surface area contributed by atoms with Gasteiger partial charge in [-0.15, -0.1) is 0 Å². The molecule has 1 amide bonds. The van der Waals surface area contributed by atoms with Crippen LogP contribution in [0, 0.1) is 5.82 Å². The van der Waals surface area contributed by atoms with Gasteiger partial charge < -0.3 is 10.6 Å². The van der Waals surface area contributed by atoms with E-state index in [1.165, 1.54) is 12.1 Å². The molecule has 0 atom stereocenters. The average Bonchev–Trinajstić information content (AvgIpc) is 2.54. The summed E-state index contributed by atoms with van der Waals surface area (Å²) in [6.07, 6.45) is 2.59. The first kappa shape index (κ1) is 14.6. The van der Waals surface area contributed by atoms with Crippen molar-refractivity contribution in [2.45, 2.75) is 19.3 Å². The van der Waals surface area contributed by atoms with Gasteiger partial charge in [-0.1, -0.05) is 18.2 Å². The lowest BCUT2D eigenvalue weighted by Crippen LogP contribution is -2.27. The molecule has 0 spiro atoms. The second-order valence-corrected chi connectivity index (χ2v) is 5.50. The highest BCUT2D eigenvalue weighted by molar-refractivity contribution is 5.97. The molecule has 0 unspecified atom stereocenters. The summed E-state index contributed by atoms with van der Waals surface area (Å²) in [6.45, 7) is 1.46. The van der Waals surface area contributed by atoms with E-state index in [-0.39, 0.29) is 11.7 Å². The molecule has 4 heteroatoms. The third-order valence-corrected chi connectivity index (χ3v) is 3.93. The Kier molecular flexibility index (Phi) is 4.37. The molecule has 1 aliphatic rings. The van der Waals surface area contributed by atoms with Gasteiger partial charge in [-0.25, -0.2) is 4.39 Å². The van der Waals surface area contributed by atoms with Crippen molar-refractivity contribution >= 4 is 11.6 Å². The fourth-order valence-electron chi connectivity index (χ4n) is 2.83. The number of hydrogen-bond donors (Lipinski definition) is 2. The van der Waals surface area contributed by atoms with Gasteiger partial charge in [0.1, 0.15) is 5.82 Å². The van der Waals surface area contributed by atoms with Crippen LogP contribution in [0.5, 0.6) is 0 Å². The lowest BCUT2D eigenvalue weighted by molar-refractivity contribution is 0.0953. The highest BCUT2D eigenvalue weighted by atomic mass is 19.1. The highest BCUT2D eigenvalue weighted by Crippen LogP contribution is 2.25. The predicted octanol–water partition coefficient (Wildman–Crippen LogP) is 3.16. The molecule has 114 valence electrons. The first-order valence-electron chi connectivity index (χ1n) is 7.62. The molecule has 22 heavy (non-hydrogen) atoms. The molecule has 3 nitrogen and oxygen atoms in total. The summed E-state index contributed by atoms with van der Waals surface area (Å²) >= 11 is 0. The molecule has 2 aromatic rings. The topological polar surface area (TPSA) is 41.1 Å². The maximum absolute atomic E-state index is 13.1. The first-order valence-corrected chi connectivity index (χ1v) is 7.62. The summed E-state index contributed by atoms with van der Waals surface area (Å²) < 4.78 is 13.1. The minimum absolute atomic E-state index is 0.0584. The molecule has 1 heterocycles. The lowest BCUT2D eigenvalue weighted by atomic mass is 9.97. The maximum atomic E-state index is 13.1. The molecular formula is C18H19FN2O. The number of carbonyl (C=O) groups is 1. The minimum Gasteiger partial charge on any atom is -0.385 e. The van der Waals surface area contributed by atoms with Crippen molar-refractivity contribution in [1.29, 1.82) is 0 Å². The monoisotopic (exact) mass is 298 g/mol. The van der Waals surface area contributed by atoms with Gasteiger partial charge in [0, 0.05) is 24.3 Å². The van der Waals surface area contributed by atoms with Crippen LogP contribution in [0.2, 0.25) is 0 Å². The van der Waals surface area contributed by atoms with E-state index in [1.54, 1.807) is 6.07 Å². The number of anilines is 1. The third-order valence-electron chi connectivity index (χ3n) is 3.93. The summed E-state index contributed by atoms with van der Waals surface area (Å²) in [5.74, 6) is -0.302. The van der Waals surface area contributed by atoms with Gasteiger partial charge in [0.05, 0.1) is 0 Å². The van der Waals surface area contributed by atoms with Crippen LogP contribution in [-0.4, -0.2) is 19.0 Å². The van der Waals surface area contributed by atoms with Gasteiger partial charge in [-0.3, -0.25) is 4.79 Å². The average molecular weight is 298 g/mol. The summed E-state index contributed by atoms with van der Waals surface area (Å²) in [5.41, 5.74) is 3.78. The van der Waals surface area contributed by atoms with E-state index in [2.05, 4.69) is 10.6 Å². The Bertz CT molecular complexity index is 685. The van der Waals surface area contributed by atoms with Gasteiger partial charge in [0.25, 0.3) is 5.91 Å². The Morgan fingerprint density at radius 1 is 1.23 bits per heavy atom. The van der Waals surface area contributed by atoms with Gasteiger partial charge in [-0.05, 0) is 54.7 Å². The van der Waals surface area contributed by atoms with E-state index in [4.69, 9.17) is 0 Å². The normalized spacial score (nSPS) is 13.1. The van der Waals surface area contributed by atoms with E-state index >= 15 is 0 Å². The lowest BCUT2D eigenvalue weighted by Gasteiger charge is -2.20. The number of amides is 1. The van der Waals surface area contributed by atoms with Crippen molar-refractivity contribution in [2.75, 3.05) is 18.4 Å². The van der Waals surface area contributed by atoms with E-state index < -0.39 is 0 Å². The molecule has 0 saturated heterocycles. The predicted molar refractivity (Wildman–Crippen MR) is 85.7 cm³/mol. The smallest absolute Gasteiger partial charge is 0.251 e. The van der Waals surface area contributed by atoms with Crippen LogP contribution in [0.3, 0.4) is 0 Å². The number of rotatable bonds is 4. The van der Waals surface area contributed by atoms with Crippen molar-refractivity contribution in [3.8, 4) is 0 Å². The maximum Gasteiger partial charge on any atom is 0.251 e. The number of nitrogens with one attached hydrogen (secondary N) is 2. The van der Waals surface area contributed by atoms with E-state index in [1.807, 2.05) is 24.3 Å². The number of carbonyl (C=O) groups excluding carboxylic acids is 1. The molecule has 0 bridgehead atoms. The summed E-state index contributed by atoms with van der Waals surface area (Å²) in [6, 6.07) is 12.3. The Morgan fingerprint density at radius 2 is 2.09 bits per heavy atom. The largest absolute Gasteiger partial charge is 0.385 e. The van der Waals surface area contributed by atoms with Crippen LogP contribution >= 0.6 is 0 Å². The van der Waals surface area contributed by atoms with Crippen molar-refractivity contribution in [2.24, 2.45) is 0 Å². The highest BCUT2D eigenvalue weighted by Gasteiger charge is 2.16. The molecule has 1 aliphatic heterocycles. The first-order chi connectivity index (χ1) is 10.7. The molecule has 2 N–H and O–H groups in total. The van der Waals surface area contributed by atoms with Gasteiger partial charge in [0.15, 0.2) is 0 Å². The number of halogens is 1. The summed E-state index contributed by atoms with van der Waals surface area (Å²) in [4.78, 5) is 12.4. The molecule has 3 rings (SSSR count). The molecule has 0 saturated carbocycles. The van der Waals surface area contributed by atoms with Crippen LogP contribution in [0.4, 0.5) is 10.1 Å².